The minimum atomic E-state index is -3.27. The number of aliphatic hydroxyl groups excluding tert-OH is 1. The van der Waals surface area contributed by atoms with Crippen LogP contribution in [0.3, 0.4) is 0 Å². The van der Waals surface area contributed by atoms with Gasteiger partial charge >= 0.3 is 0 Å². The minimum Gasteiger partial charge on any atom is -0.396 e. The predicted octanol–water partition coefficient (Wildman–Crippen LogP) is -0.455. The van der Waals surface area contributed by atoms with Crippen molar-refractivity contribution in [3.63, 3.8) is 0 Å². The van der Waals surface area contributed by atoms with Gasteiger partial charge in [-0.3, -0.25) is 0 Å². The molecule has 6 heteroatoms. The molecule has 1 unspecified atom stereocenters. The zero-order chi connectivity index (χ0) is 10.6. The molecule has 0 radical (unpaired) electrons. The quantitative estimate of drug-likeness (QED) is 0.676. The summed E-state index contributed by atoms with van der Waals surface area (Å²) in [6, 6.07) is 0. The second kappa shape index (κ2) is 5.06. The Morgan fingerprint density at radius 1 is 1.57 bits per heavy atom. The number of nitrogens with one attached hydrogen (secondary N) is 1. The summed E-state index contributed by atoms with van der Waals surface area (Å²) in [5.41, 5.74) is 0. The second-order valence-electron chi connectivity index (χ2n) is 3.59. The summed E-state index contributed by atoms with van der Waals surface area (Å²) in [6.45, 7) is 1.26. The monoisotopic (exact) mass is 222 g/mol. The summed E-state index contributed by atoms with van der Waals surface area (Å²) in [6.07, 6.45) is 2.58. The molecule has 0 spiro atoms. The lowest BCUT2D eigenvalue weighted by molar-refractivity contribution is 0.202. The van der Waals surface area contributed by atoms with Crippen molar-refractivity contribution in [2.24, 2.45) is 5.92 Å². The van der Waals surface area contributed by atoms with E-state index in [-0.39, 0.29) is 6.61 Å². The van der Waals surface area contributed by atoms with Gasteiger partial charge < -0.3 is 5.11 Å². The zero-order valence-corrected chi connectivity index (χ0v) is 9.26. The van der Waals surface area contributed by atoms with Crippen LogP contribution in [0.25, 0.3) is 0 Å². The van der Waals surface area contributed by atoms with Crippen molar-refractivity contribution in [2.75, 3.05) is 26.7 Å². The summed E-state index contributed by atoms with van der Waals surface area (Å²) in [7, 11) is -1.85. The summed E-state index contributed by atoms with van der Waals surface area (Å²) >= 11 is 0. The van der Waals surface area contributed by atoms with E-state index in [1.165, 1.54) is 11.4 Å². The van der Waals surface area contributed by atoms with Crippen molar-refractivity contribution in [1.29, 1.82) is 0 Å². The lowest BCUT2D eigenvalue weighted by Gasteiger charge is -2.31. The van der Waals surface area contributed by atoms with Crippen molar-refractivity contribution < 1.29 is 13.5 Å². The average molecular weight is 222 g/mol. The normalized spacial score (nSPS) is 25.1. The smallest absolute Gasteiger partial charge is 0.279 e. The van der Waals surface area contributed by atoms with E-state index < -0.39 is 10.2 Å². The van der Waals surface area contributed by atoms with Crippen LogP contribution < -0.4 is 4.72 Å². The molecular formula is C8H18N2O3S. The molecule has 0 amide bonds. The van der Waals surface area contributed by atoms with Gasteiger partial charge in [0.25, 0.3) is 10.2 Å². The molecule has 1 fully saturated rings. The molecule has 0 saturated carbocycles. The molecular weight excluding hydrogens is 204 g/mol. The highest BCUT2D eigenvalue weighted by atomic mass is 32.2. The van der Waals surface area contributed by atoms with Gasteiger partial charge in [0.2, 0.25) is 0 Å². The van der Waals surface area contributed by atoms with Gasteiger partial charge in [-0.15, -0.1) is 0 Å². The topological polar surface area (TPSA) is 69.6 Å². The molecule has 2 N–H and O–H groups in total. The van der Waals surface area contributed by atoms with E-state index in [2.05, 4.69) is 4.72 Å². The van der Waals surface area contributed by atoms with Gasteiger partial charge in [-0.2, -0.15) is 12.7 Å². The number of hydrogen-bond acceptors (Lipinski definition) is 3. The molecule has 1 rings (SSSR count). The molecule has 1 saturated heterocycles. The maximum atomic E-state index is 11.5. The maximum absolute atomic E-state index is 11.5. The van der Waals surface area contributed by atoms with Gasteiger partial charge in [0.15, 0.2) is 0 Å². The van der Waals surface area contributed by atoms with Gasteiger partial charge in [0.05, 0.1) is 0 Å². The Morgan fingerprint density at radius 3 is 2.86 bits per heavy atom. The molecule has 0 aromatic rings. The largest absolute Gasteiger partial charge is 0.396 e. The van der Waals surface area contributed by atoms with Crippen molar-refractivity contribution in [2.45, 2.75) is 19.3 Å². The van der Waals surface area contributed by atoms with Crippen molar-refractivity contribution in [3.05, 3.63) is 0 Å². The summed E-state index contributed by atoms with van der Waals surface area (Å²) in [4.78, 5) is 0. The lowest BCUT2D eigenvalue weighted by Crippen LogP contribution is -2.44. The Hall–Kier alpha value is -0.170. The first kappa shape index (κ1) is 11.9. The summed E-state index contributed by atoms with van der Waals surface area (Å²) < 4.78 is 26.7. The van der Waals surface area contributed by atoms with Crippen molar-refractivity contribution >= 4 is 10.2 Å². The van der Waals surface area contributed by atoms with E-state index in [0.29, 0.717) is 25.4 Å². The fraction of sp³-hybridized carbons (Fsp3) is 1.00. The van der Waals surface area contributed by atoms with Crippen LogP contribution in [0.15, 0.2) is 0 Å². The van der Waals surface area contributed by atoms with E-state index in [0.717, 1.165) is 12.8 Å². The highest BCUT2D eigenvalue weighted by Crippen LogP contribution is 2.20. The van der Waals surface area contributed by atoms with Gasteiger partial charge in [-0.25, -0.2) is 4.72 Å². The molecule has 1 heterocycles. The third-order valence-corrected chi connectivity index (χ3v) is 4.14. The predicted molar refractivity (Wildman–Crippen MR) is 54.0 cm³/mol. The van der Waals surface area contributed by atoms with Gasteiger partial charge in [-0.05, 0) is 25.2 Å². The molecule has 1 aliphatic rings. The molecule has 14 heavy (non-hydrogen) atoms. The van der Waals surface area contributed by atoms with Crippen LogP contribution in [0.2, 0.25) is 0 Å². The average Bonchev–Trinajstić information content (AvgIpc) is 2.19. The Kier molecular flexibility index (Phi) is 4.31. The van der Waals surface area contributed by atoms with Gasteiger partial charge in [0.1, 0.15) is 0 Å². The SMILES string of the molecule is CNS(=O)(=O)N1CCCC(CCO)C1. The van der Waals surface area contributed by atoms with Crippen LogP contribution in [0.1, 0.15) is 19.3 Å². The minimum absolute atomic E-state index is 0.137. The number of aliphatic hydroxyl groups is 1. The Labute approximate surface area is 85.3 Å². The van der Waals surface area contributed by atoms with Crippen LogP contribution in [0.4, 0.5) is 0 Å². The third kappa shape index (κ3) is 2.91. The van der Waals surface area contributed by atoms with Crippen molar-refractivity contribution in [3.8, 4) is 0 Å². The van der Waals surface area contributed by atoms with E-state index in [1.54, 1.807) is 0 Å². The zero-order valence-electron chi connectivity index (χ0n) is 8.44. The summed E-state index contributed by atoms with van der Waals surface area (Å²) in [5.74, 6) is 0.303. The van der Waals surface area contributed by atoms with E-state index in [4.69, 9.17) is 5.11 Å². The van der Waals surface area contributed by atoms with Crippen LogP contribution in [-0.4, -0.2) is 44.6 Å². The Balaban J connectivity index is 2.56. The first-order chi connectivity index (χ1) is 6.60. The summed E-state index contributed by atoms with van der Waals surface area (Å²) in [5, 5.41) is 8.78. The van der Waals surface area contributed by atoms with Crippen LogP contribution in [-0.2, 0) is 10.2 Å². The Bertz CT molecular complexity index is 264. The number of rotatable bonds is 4. The highest BCUT2D eigenvalue weighted by molar-refractivity contribution is 7.87. The van der Waals surface area contributed by atoms with Gasteiger partial charge in [-0.1, -0.05) is 0 Å². The highest BCUT2D eigenvalue weighted by Gasteiger charge is 2.27. The molecule has 0 aliphatic carbocycles. The molecule has 1 aliphatic heterocycles. The molecule has 84 valence electrons. The number of hydrogen-bond donors (Lipinski definition) is 2. The van der Waals surface area contributed by atoms with Crippen LogP contribution in [0.5, 0.6) is 0 Å². The number of nitrogens with zero attached hydrogens (tertiary/aromatic N) is 1. The van der Waals surface area contributed by atoms with Crippen LogP contribution >= 0.6 is 0 Å². The molecule has 0 aromatic carbocycles. The third-order valence-electron chi connectivity index (χ3n) is 2.62. The first-order valence-electron chi connectivity index (χ1n) is 4.89. The maximum Gasteiger partial charge on any atom is 0.279 e. The lowest BCUT2D eigenvalue weighted by atomic mass is 9.97. The fourth-order valence-electron chi connectivity index (χ4n) is 1.79. The second-order valence-corrected chi connectivity index (χ2v) is 5.46. The molecule has 0 aromatic heterocycles. The first-order valence-corrected chi connectivity index (χ1v) is 6.33. The van der Waals surface area contributed by atoms with Crippen molar-refractivity contribution in [1.82, 2.24) is 9.03 Å². The molecule has 0 bridgehead atoms. The molecule has 1 atom stereocenters. The Morgan fingerprint density at radius 2 is 2.29 bits per heavy atom. The van der Waals surface area contributed by atoms with Gasteiger partial charge in [0, 0.05) is 26.7 Å². The number of piperidine rings is 1. The van der Waals surface area contributed by atoms with E-state index in [9.17, 15) is 8.42 Å². The van der Waals surface area contributed by atoms with E-state index >= 15 is 0 Å². The fourth-order valence-corrected chi connectivity index (χ4v) is 2.83. The van der Waals surface area contributed by atoms with Crippen LogP contribution in [0, 0.1) is 5.92 Å². The molecule has 5 nitrogen and oxygen atoms in total. The van der Waals surface area contributed by atoms with E-state index in [1.807, 2.05) is 0 Å². The standard InChI is InChI=1S/C8H18N2O3S/c1-9-14(12,13)10-5-2-3-8(7-10)4-6-11/h8-9,11H,2-7H2,1H3.